The lowest BCUT2D eigenvalue weighted by Crippen LogP contribution is -2.44. The van der Waals surface area contributed by atoms with Gasteiger partial charge in [-0.25, -0.2) is 8.42 Å². The molecule has 0 radical (unpaired) electrons. The van der Waals surface area contributed by atoms with Crippen LogP contribution in [0, 0.1) is 11.8 Å². The number of sulfone groups is 1. The maximum absolute atomic E-state index is 12.0. The maximum atomic E-state index is 12.0. The van der Waals surface area contributed by atoms with E-state index in [0.29, 0.717) is 12.3 Å². The SMILES string of the molecule is CC1CCCCC1NC(=O)C1CCS(=O)(=O)C1. The molecular formula is C12H21NO3S. The van der Waals surface area contributed by atoms with E-state index in [1.54, 1.807) is 0 Å². The zero-order valence-corrected chi connectivity index (χ0v) is 11.1. The summed E-state index contributed by atoms with van der Waals surface area (Å²) in [5.74, 6) is 0.371. The van der Waals surface area contributed by atoms with E-state index in [2.05, 4.69) is 12.2 Å². The second-order valence-corrected chi connectivity index (χ2v) is 7.71. The van der Waals surface area contributed by atoms with Crippen LogP contribution in [0.4, 0.5) is 0 Å². The molecule has 0 aromatic heterocycles. The van der Waals surface area contributed by atoms with Gasteiger partial charge in [0.05, 0.1) is 17.4 Å². The molecule has 1 N–H and O–H groups in total. The Labute approximate surface area is 103 Å². The molecule has 1 saturated carbocycles. The van der Waals surface area contributed by atoms with Gasteiger partial charge in [0.1, 0.15) is 0 Å². The minimum Gasteiger partial charge on any atom is -0.353 e. The Morgan fingerprint density at radius 3 is 2.47 bits per heavy atom. The zero-order chi connectivity index (χ0) is 12.5. The summed E-state index contributed by atoms with van der Waals surface area (Å²) < 4.78 is 22.6. The van der Waals surface area contributed by atoms with Gasteiger partial charge in [0.15, 0.2) is 9.84 Å². The summed E-state index contributed by atoms with van der Waals surface area (Å²) >= 11 is 0. The highest BCUT2D eigenvalue weighted by molar-refractivity contribution is 7.91. The molecule has 3 unspecified atom stereocenters. The number of rotatable bonds is 2. The van der Waals surface area contributed by atoms with Gasteiger partial charge in [-0.05, 0) is 25.2 Å². The Morgan fingerprint density at radius 1 is 1.18 bits per heavy atom. The molecule has 1 aliphatic heterocycles. The predicted octanol–water partition coefficient (Wildman–Crippen LogP) is 1.12. The highest BCUT2D eigenvalue weighted by Crippen LogP contribution is 2.25. The third-order valence-electron chi connectivity index (χ3n) is 4.04. The van der Waals surface area contributed by atoms with E-state index >= 15 is 0 Å². The van der Waals surface area contributed by atoms with E-state index in [4.69, 9.17) is 0 Å². The molecule has 2 fully saturated rings. The van der Waals surface area contributed by atoms with Crippen molar-refractivity contribution in [3.05, 3.63) is 0 Å². The average Bonchev–Trinajstić information content (AvgIpc) is 2.62. The number of carbonyl (C=O) groups is 1. The highest BCUT2D eigenvalue weighted by atomic mass is 32.2. The van der Waals surface area contributed by atoms with Gasteiger partial charge in [0, 0.05) is 6.04 Å². The summed E-state index contributed by atoms with van der Waals surface area (Å²) in [6.45, 7) is 2.16. The summed E-state index contributed by atoms with van der Waals surface area (Å²) in [5, 5.41) is 3.04. The lowest BCUT2D eigenvalue weighted by atomic mass is 9.85. The van der Waals surface area contributed by atoms with Gasteiger partial charge in [0.2, 0.25) is 5.91 Å². The molecule has 1 amide bonds. The largest absolute Gasteiger partial charge is 0.353 e. The molecule has 1 heterocycles. The first-order chi connectivity index (χ1) is 7.98. The molecule has 98 valence electrons. The summed E-state index contributed by atoms with van der Waals surface area (Å²) in [6, 6.07) is 0.250. The molecule has 1 aliphatic carbocycles. The first-order valence-electron chi connectivity index (χ1n) is 6.49. The van der Waals surface area contributed by atoms with Crippen LogP contribution in [-0.2, 0) is 14.6 Å². The summed E-state index contributed by atoms with van der Waals surface area (Å²) in [7, 11) is -2.96. The van der Waals surface area contributed by atoms with Crippen LogP contribution in [0.1, 0.15) is 39.0 Å². The van der Waals surface area contributed by atoms with Gasteiger partial charge in [-0.2, -0.15) is 0 Å². The summed E-state index contributed by atoms with van der Waals surface area (Å²) in [5.41, 5.74) is 0. The molecule has 5 heteroatoms. The second kappa shape index (κ2) is 4.96. The number of hydrogen-bond acceptors (Lipinski definition) is 3. The van der Waals surface area contributed by atoms with Gasteiger partial charge in [0.25, 0.3) is 0 Å². The number of nitrogens with one attached hydrogen (secondary N) is 1. The topological polar surface area (TPSA) is 63.2 Å². The third-order valence-corrected chi connectivity index (χ3v) is 5.81. The quantitative estimate of drug-likeness (QED) is 0.808. The maximum Gasteiger partial charge on any atom is 0.224 e. The van der Waals surface area contributed by atoms with Crippen LogP contribution >= 0.6 is 0 Å². The first-order valence-corrected chi connectivity index (χ1v) is 8.31. The van der Waals surface area contributed by atoms with Gasteiger partial charge in [-0.3, -0.25) is 4.79 Å². The van der Waals surface area contributed by atoms with Crippen molar-refractivity contribution in [1.29, 1.82) is 0 Å². The fraction of sp³-hybridized carbons (Fsp3) is 0.917. The average molecular weight is 259 g/mol. The van der Waals surface area contributed by atoms with Crippen molar-refractivity contribution in [2.24, 2.45) is 11.8 Å². The molecule has 0 spiro atoms. The fourth-order valence-corrected chi connectivity index (χ4v) is 4.57. The predicted molar refractivity (Wildman–Crippen MR) is 66.3 cm³/mol. The Kier molecular flexibility index (Phi) is 3.76. The number of hydrogen-bond donors (Lipinski definition) is 1. The van der Waals surface area contributed by atoms with Crippen LogP contribution in [0.25, 0.3) is 0 Å². The monoisotopic (exact) mass is 259 g/mol. The van der Waals surface area contributed by atoms with Crippen molar-refractivity contribution in [1.82, 2.24) is 5.32 Å². The first kappa shape index (κ1) is 12.9. The van der Waals surface area contributed by atoms with Crippen LogP contribution < -0.4 is 5.32 Å². The van der Waals surface area contributed by atoms with Crippen LogP contribution in [0.15, 0.2) is 0 Å². The molecule has 0 aromatic rings. The van der Waals surface area contributed by atoms with E-state index in [1.165, 1.54) is 6.42 Å². The van der Waals surface area contributed by atoms with Crippen molar-refractivity contribution in [2.75, 3.05) is 11.5 Å². The van der Waals surface area contributed by atoms with Gasteiger partial charge in [-0.1, -0.05) is 19.8 Å². The molecule has 1 saturated heterocycles. The molecule has 0 aromatic carbocycles. The summed E-state index contributed by atoms with van der Waals surface area (Å²) in [4.78, 5) is 12.0. The van der Waals surface area contributed by atoms with Crippen LogP contribution in [0.5, 0.6) is 0 Å². The molecule has 0 bridgehead atoms. The summed E-state index contributed by atoms with van der Waals surface area (Å²) in [6.07, 6.45) is 5.10. The minimum atomic E-state index is -2.96. The van der Waals surface area contributed by atoms with Crippen molar-refractivity contribution in [3.8, 4) is 0 Å². The molecular weight excluding hydrogens is 238 g/mol. The Morgan fingerprint density at radius 2 is 1.88 bits per heavy atom. The molecule has 17 heavy (non-hydrogen) atoms. The van der Waals surface area contributed by atoms with Crippen molar-refractivity contribution in [2.45, 2.75) is 45.1 Å². The van der Waals surface area contributed by atoms with E-state index in [-0.39, 0.29) is 29.4 Å². The van der Waals surface area contributed by atoms with Crippen molar-refractivity contribution >= 4 is 15.7 Å². The zero-order valence-electron chi connectivity index (χ0n) is 10.3. The number of amides is 1. The normalized spacial score (nSPS) is 36.6. The molecule has 2 rings (SSSR count). The molecule has 4 nitrogen and oxygen atoms in total. The third kappa shape index (κ3) is 3.21. The minimum absolute atomic E-state index is 0.0416. The Balaban J connectivity index is 1.89. The Hall–Kier alpha value is -0.580. The molecule has 3 atom stereocenters. The second-order valence-electron chi connectivity index (χ2n) is 5.48. The fourth-order valence-electron chi connectivity index (χ4n) is 2.83. The van der Waals surface area contributed by atoms with Gasteiger partial charge < -0.3 is 5.32 Å². The van der Waals surface area contributed by atoms with Crippen LogP contribution in [0.3, 0.4) is 0 Å². The number of carbonyl (C=O) groups excluding carboxylic acids is 1. The van der Waals surface area contributed by atoms with Crippen LogP contribution in [-0.4, -0.2) is 31.9 Å². The standard InChI is InChI=1S/C12H21NO3S/c1-9-4-2-3-5-11(9)13-12(14)10-6-7-17(15,16)8-10/h9-11H,2-8H2,1H3,(H,13,14). The van der Waals surface area contributed by atoms with Crippen molar-refractivity contribution in [3.63, 3.8) is 0 Å². The van der Waals surface area contributed by atoms with Crippen molar-refractivity contribution < 1.29 is 13.2 Å². The smallest absolute Gasteiger partial charge is 0.224 e. The van der Waals surface area contributed by atoms with Gasteiger partial charge in [-0.15, -0.1) is 0 Å². The lowest BCUT2D eigenvalue weighted by Gasteiger charge is -2.30. The highest BCUT2D eigenvalue weighted by Gasteiger charge is 2.34. The van der Waals surface area contributed by atoms with E-state index in [1.807, 2.05) is 0 Å². The van der Waals surface area contributed by atoms with Gasteiger partial charge >= 0.3 is 0 Å². The van der Waals surface area contributed by atoms with E-state index in [0.717, 1.165) is 19.3 Å². The molecule has 2 aliphatic rings. The van der Waals surface area contributed by atoms with Crippen LogP contribution in [0.2, 0.25) is 0 Å². The van der Waals surface area contributed by atoms with E-state index < -0.39 is 9.84 Å². The van der Waals surface area contributed by atoms with E-state index in [9.17, 15) is 13.2 Å². The lowest BCUT2D eigenvalue weighted by molar-refractivity contribution is -0.125. The Bertz CT molecular complexity index is 391.